The highest BCUT2D eigenvalue weighted by molar-refractivity contribution is 14.1. The molecular formula is C11H19I. The summed E-state index contributed by atoms with van der Waals surface area (Å²) in [6.45, 7) is 2.24. The van der Waals surface area contributed by atoms with Crippen molar-refractivity contribution in [1.82, 2.24) is 0 Å². The largest absolute Gasteiger partial charge is 0.0885 e. The number of allylic oxidation sites excluding steroid dienone is 3. The van der Waals surface area contributed by atoms with Crippen LogP contribution in [0.15, 0.2) is 22.3 Å². The SMILES string of the molecule is CCCCCC=CCCC=CI. The minimum absolute atomic E-state index is 1.19. The summed E-state index contributed by atoms with van der Waals surface area (Å²) in [4.78, 5) is 0. The van der Waals surface area contributed by atoms with Gasteiger partial charge in [0.05, 0.1) is 0 Å². The first-order valence-corrected chi connectivity index (χ1v) is 6.06. The maximum atomic E-state index is 2.32. The van der Waals surface area contributed by atoms with Crippen LogP contribution in [0.3, 0.4) is 0 Å². The molecule has 0 rings (SSSR count). The van der Waals surface area contributed by atoms with Crippen molar-refractivity contribution in [2.24, 2.45) is 0 Å². The maximum absolute atomic E-state index is 2.32. The van der Waals surface area contributed by atoms with Gasteiger partial charge in [-0.1, -0.05) is 60.6 Å². The molecule has 0 fully saturated rings. The van der Waals surface area contributed by atoms with E-state index in [-0.39, 0.29) is 0 Å². The van der Waals surface area contributed by atoms with Gasteiger partial charge in [0.25, 0.3) is 0 Å². The molecule has 0 aromatic carbocycles. The molecule has 0 atom stereocenters. The first-order valence-electron chi connectivity index (χ1n) is 4.82. The third-order valence-corrected chi connectivity index (χ3v) is 2.24. The van der Waals surface area contributed by atoms with Gasteiger partial charge < -0.3 is 0 Å². The molecule has 0 radical (unpaired) electrons. The number of rotatable bonds is 7. The Hall–Kier alpha value is 0.210. The molecule has 1 heteroatoms. The smallest absolute Gasteiger partial charge is 0.0274 e. The number of halogens is 1. The van der Waals surface area contributed by atoms with E-state index in [1.807, 2.05) is 0 Å². The molecule has 0 heterocycles. The Balaban J connectivity index is 3.03. The van der Waals surface area contributed by atoms with Crippen molar-refractivity contribution >= 4 is 22.6 Å². The van der Waals surface area contributed by atoms with E-state index in [2.05, 4.69) is 51.8 Å². The Morgan fingerprint density at radius 1 is 0.917 bits per heavy atom. The van der Waals surface area contributed by atoms with E-state index in [0.717, 1.165) is 0 Å². The third-order valence-electron chi connectivity index (χ3n) is 1.73. The quantitative estimate of drug-likeness (QED) is 0.354. The summed E-state index contributed by atoms with van der Waals surface area (Å²) in [5.74, 6) is 0. The first-order chi connectivity index (χ1) is 5.91. The van der Waals surface area contributed by atoms with Gasteiger partial charge in [0.15, 0.2) is 0 Å². The van der Waals surface area contributed by atoms with Gasteiger partial charge in [-0.25, -0.2) is 0 Å². The Bertz CT molecular complexity index is 125. The zero-order chi connectivity index (χ0) is 9.07. The van der Waals surface area contributed by atoms with Crippen LogP contribution in [0.25, 0.3) is 0 Å². The van der Waals surface area contributed by atoms with E-state index in [1.165, 1.54) is 38.5 Å². The molecule has 0 aliphatic heterocycles. The van der Waals surface area contributed by atoms with Crippen LogP contribution in [-0.4, -0.2) is 0 Å². The van der Waals surface area contributed by atoms with Crippen LogP contribution in [0.5, 0.6) is 0 Å². The van der Waals surface area contributed by atoms with Crippen LogP contribution in [0.4, 0.5) is 0 Å². The van der Waals surface area contributed by atoms with Crippen LogP contribution in [-0.2, 0) is 0 Å². The molecule has 70 valence electrons. The van der Waals surface area contributed by atoms with Crippen molar-refractivity contribution in [2.45, 2.75) is 45.4 Å². The van der Waals surface area contributed by atoms with Gasteiger partial charge in [-0.2, -0.15) is 0 Å². The molecular weight excluding hydrogens is 259 g/mol. The number of hydrogen-bond donors (Lipinski definition) is 0. The van der Waals surface area contributed by atoms with Crippen molar-refractivity contribution < 1.29 is 0 Å². The topological polar surface area (TPSA) is 0 Å². The highest BCUT2D eigenvalue weighted by Gasteiger charge is 1.81. The lowest BCUT2D eigenvalue weighted by Gasteiger charge is -1.91. The Labute approximate surface area is 90.3 Å². The summed E-state index contributed by atoms with van der Waals surface area (Å²) in [5.41, 5.74) is 0. The van der Waals surface area contributed by atoms with Gasteiger partial charge in [0, 0.05) is 0 Å². The van der Waals surface area contributed by atoms with Gasteiger partial charge in [-0.15, -0.1) is 0 Å². The molecule has 0 aliphatic rings. The summed E-state index contributed by atoms with van der Waals surface area (Å²) in [7, 11) is 0. The second-order valence-corrected chi connectivity index (χ2v) is 3.63. The molecule has 0 unspecified atom stereocenters. The normalized spacial score (nSPS) is 11.8. The summed E-state index contributed by atoms with van der Waals surface area (Å²) in [6, 6.07) is 0. The monoisotopic (exact) mass is 278 g/mol. The Morgan fingerprint density at radius 2 is 1.58 bits per heavy atom. The van der Waals surface area contributed by atoms with Crippen LogP contribution in [0.2, 0.25) is 0 Å². The van der Waals surface area contributed by atoms with E-state index in [1.54, 1.807) is 0 Å². The fourth-order valence-corrected chi connectivity index (χ4v) is 1.36. The minimum atomic E-state index is 1.19. The van der Waals surface area contributed by atoms with Gasteiger partial charge in [0.1, 0.15) is 0 Å². The van der Waals surface area contributed by atoms with Crippen molar-refractivity contribution in [1.29, 1.82) is 0 Å². The fourth-order valence-electron chi connectivity index (χ4n) is 1.00. The van der Waals surface area contributed by atoms with Crippen molar-refractivity contribution in [3.05, 3.63) is 22.3 Å². The van der Waals surface area contributed by atoms with Gasteiger partial charge >= 0.3 is 0 Å². The molecule has 0 amide bonds. The molecule has 0 saturated heterocycles. The highest BCUT2D eigenvalue weighted by atomic mass is 127. The molecule has 0 aliphatic carbocycles. The lowest BCUT2D eigenvalue weighted by atomic mass is 10.2. The Kier molecular flexibility index (Phi) is 11.4. The summed E-state index contributed by atoms with van der Waals surface area (Å²) in [5, 5.41) is 0. The average molecular weight is 278 g/mol. The summed E-state index contributed by atoms with van der Waals surface area (Å²) >= 11 is 2.26. The average Bonchev–Trinajstić information content (AvgIpc) is 2.10. The number of hydrogen-bond acceptors (Lipinski definition) is 0. The van der Waals surface area contributed by atoms with E-state index < -0.39 is 0 Å². The van der Waals surface area contributed by atoms with Gasteiger partial charge in [-0.3, -0.25) is 0 Å². The second-order valence-electron chi connectivity index (χ2n) is 2.91. The van der Waals surface area contributed by atoms with Crippen molar-refractivity contribution in [3.63, 3.8) is 0 Å². The van der Waals surface area contributed by atoms with Crippen molar-refractivity contribution in [3.8, 4) is 0 Å². The first kappa shape index (κ1) is 12.2. The predicted octanol–water partition coefficient (Wildman–Crippen LogP) is 4.85. The third kappa shape index (κ3) is 10.2. The Morgan fingerprint density at radius 3 is 2.25 bits per heavy atom. The predicted molar refractivity (Wildman–Crippen MR) is 65.7 cm³/mol. The maximum Gasteiger partial charge on any atom is -0.0274 e. The lowest BCUT2D eigenvalue weighted by molar-refractivity contribution is 0.728. The highest BCUT2D eigenvalue weighted by Crippen LogP contribution is 2.01. The van der Waals surface area contributed by atoms with Crippen LogP contribution >= 0.6 is 22.6 Å². The van der Waals surface area contributed by atoms with E-state index >= 15 is 0 Å². The molecule has 0 aromatic rings. The molecule has 0 aromatic heterocycles. The second kappa shape index (κ2) is 11.2. The number of unbranched alkanes of at least 4 members (excludes halogenated alkanes) is 4. The van der Waals surface area contributed by atoms with E-state index in [9.17, 15) is 0 Å². The molecule has 0 saturated carbocycles. The zero-order valence-corrected chi connectivity index (χ0v) is 10.1. The summed E-state index contributed by atoms with van der Waals surface area (Å²) in [6.07, 6.45) is 14.5. The molecule has 12 heavy (non-hydrogen) atoms. The van der Waals surface area contributed by atoms with Crippen LogP contribution < -0.4 is 0 Å². The molecule has 0 bridgehead atoms. The molecule has 0 spiro atoms. The van der Waals surface area contributed by atoms with E-state index in [4.69, 9.17) is 0 Å². The lowest BCUT2D eigenvalue weighted by Crippen LogP contribution is -1.71. The zero-order valence-electron chi connectivity index (χ0n) is 7.93. The van der Waals surface area contributed by atoms with Gasteiger partial charge in [0.2, 0.25) is 0 Å². The van der Waals surface area contributed by atoms with Crippen LogP contribution in [0.1, 0.15) is 45.4 Å². The standard InChI is InChI=1S/C11H19I/c1-2-3-4-5-6-7-8-9-10-11-12/h6-7,10-11H,2-5,8-9H2,1H3. The van der Waals surface area contributed by atoms with Crippen LogP contribution in [0, 0.1) is 0 Å². The van der Waals surface area contributed by atoms with E-state index in [0.29, 0.717) is 0 Å². The molecule has 0 N–H and O–H groups in total. The fraction of sp³-hybridized carbons (Fsp3) is 0.636. The summed E-state index contributed by atoms with van der Waals surface area (Å²) < 4.78 is 2.09. The minimum Gasteiger partial charge on any atom is -0.0885 e. The molecule has 0 nitrogen and oxygen atoms in total. The van der Waals surface area contributed by atoms with Crippen molar-refractivity contribution in [2.75, 3.05) is 0 Å². The van der Waals surface area contributed by atoms with Gasteiger partial charge in [-0.05, 0) is 29.8 Å².